The van der Waals surface area contributed by atoms with Gasteiger partial charge in [-0.05, 0) is 0 Å². The maximum absolute atomic E-state index is 7.62. The monoisotopic (exact) mass is 154 g/mol. The van der Waals surface area contributed by atoms with Gasteiger partial charge in [0, 0.05) is 0 Å². The minimum Gasteiger partial charge on any atom is -0.468 e. The van der Waals surface area contributed by atoms with E-state index in [-0.39, 0.29) is 23.0 Å². The van der Waals surface area contributed by atoms with Crippen molar-refractivity contribution in [3.63, 3.8) is 0 Å². The zero-order chi connectivity index (χ0) is 6.83. The Morgan fingerprint density at radius 3 is 1.75 bits per heavy atom. The van der Waals surface area contributed by atoms with Crippen LogP contribution in [0.25, 0.3) is 0 Å². The second-order valence-corrected chi connectivity index (χ2v) is 3.91. The van der Waals surface area contributed by atoms with Gasteiger partial charge in [0.25, 0.3) is 0 Å². The Balaban J connectivity index is 0. The molecule has 0 rings (SSSR count). The molecule has 2 N–H and O–H groups in total. The number of aliphatic hydroxyl groups is 2. The number of hydrogen-bond donors (Lipinski definition) is 2. The molecule has 0 radical (unpaired) electrons. The van der Waals surface area contributed by atoms with Crippen molar-refractivity contribution >= 4 is 20.2 Å². The first-order valence-corrected chi connectivity index (χ1v) is 5.34. The van der Waals surface area contributed by atoms with E-state index in [0.717, 1.165) is 10.5 Å². The summed E-state index contributed by atoms with van der Waals surface area (Å²) in [7, 11) is 0.938. The van der Waals surface area contributed by atoms with Crippen LogP contribution in [0.5, 0.6) is 0 Å². The van der Waals surface area contributed by atoms with E-state index in [1.807, 2.05) is 0 Å². The summed E-state index contributed by atoms with van der Waals surface area (Å²) in [6, 6.07) is 0. The summed E-state index contributed by atoms with van der Waals surface area (Å²) >= 11 is 0. The molecule has 0 aromatic heterocycles. The van der Waals surface area contributed by atoms with Crippen molar-refractivity contribution < 1.29 is 14.3 Å². The summed E-state index contributed by atoms with van der Waals surface area (Å²) in [6.45, 7) is 1.88. The van der Waals surface area contributed by atoms with E-state index >= 15 is 0 Å². The molecule has 0 spiro atoms. The Kier molecular flexibility index (Phi) is 21.8. The van der Waals surface area contributed by atoms with Gasteiger partial charge in [-0.25, -0.2) is 0 Å². The maximum atomic E-state index is 7.62. The molecule has 0 aromatic rings. The Hall–Kier alpha value is 0.314. The average molecular weight is 154 g/mol. The van der Waals surface area contributed by atoms with Crippen molar-refractivity contribution in [1.82, 2.24) is 0 Å². The fourth-order valence-corrected chi connectivity index (χ4v) is 0. The van der Waals surface area contributed by atoms with Crippen LogP contribution in [0, 0.1) is 0 Å². The van der Waals surface area contributed by atoms with Gasteiger partial charge in [0.1, 0.15) is 20.2 Å². The molecule has 52 valence electrons. The van der Waals surface area contributed by atoms with Gasteiger partial charge < -0.3 is 14.3 Å². The van der Waals surface area contributed by atoms with Gasteiger partial charge in [-0.15, -0.1) is 0 Å². The second-order valence-electron chi connectivity index (χ2n) is 1.02. The average Bonchev–Trinajstić information content (AvgIpc) is 1.88. The minimum absolute atomic E-state index is 0.0139. The lowest BCUT2D eigenvalue weighted by atomic mass is 10.8. The molecule has 0 bridgehead atoms. The first-order valence-electron chi connectivity index (χ1n) is 2.54. The summed E-state index contributed by atoms with van der Waals surface area (Å²) < 4.78 is 4.82. The van der Waals surface area contributed by atoms with Crippen molar-refractivity contribution in [2.75, 3.05) is 13.2 Å². The first-order chi connectivity index (χ1) is 3.83. The van der Waals surface area contributed by atoms with Crippen LogP contribution in [0.1, 0.15) is 0 Å². The van der Waals surface area contributed by atoms with Gasteiger partial charge in [0.15, 0.2) is 0 Å². The van der Waals surface area contributed by atoms with Crippen molar-refractivity contribution in [3.05, 3.63) is 0 Å². The fraction of sp³-hybridized carbons (Fsp3) is 1.00. The predicted octanol–water partition coefficient (Wildman–Crippen LogP) is -2.61. The molecule has 0 aliphatic heterocycles. The van der Waals surface area contributed by atoms with Crippen LogP contribution >= 0.6 is 0 Å². The van der Waals surface area contributed by atoms with Crippen LogP contribution in [0.15, 0.2) is 0 Å². The van der Waals surface area contributed by atoms with Crippen LogP contribution in [0.4, 0.5) is 0 Å². The largest absolute Gasteiger partial charge is 0.468 e. The molecule has 0 saturated carbocycles. The highest BCUT2D eigenvalue weighted by Crippen LogP contribution is 1.45. The number of hydrogen-bond acceptors (Lipinski definition) is 3. The molecule has 3 nitrogen and oxygen atoms in total. The van der Waals surface area contributed by atoms with Crippen LogP contribution < -0.4 is 0 Å². The third-order valence-corrected chi connectivity index (χ3v) is 2.70. The molecule has 0 heterocycles. The molecule has 0 atom stereocenters. The Morgan fingerprint density at radius 2 is 1.75 bits per heavy atom. The van der Waals surface area contributed by atoms with E-state index in [2.05, 4.69) is 6.55 Å². The first kappa shape index (κ1) is 11.2. The Bertz CT molecular complexity index is 20.5. The van der Waals surface area contributed by atoms with Crippen molar-refractivity contribution in [2.45, 2.75) is 6.55 Å². The lowest BCUT2D eigenvalue weighted by molar-refractivity contribution is 0.186. The molecule has 0 fully saturated rings. The predicted molar refractivity (Wildman–Crippen MR) is 39.6 cm³/mol. The van der Waals surface area contributed by atoms with Gasteiger partial charge in [0.2, 0.25) is 0 Å². The van der Waals surface area contributed by atoms with E-state index in [1.54, 1.807) is 0 Å². The highest BCUT2D eigenvalue weighted by atomic mass is 28.3. The zero-order valence-electron chi connectivity index (χ0n) is 5.42. The van der Waals surface area contributed by atoms with Gasteiger partial charge in [-0.3, -0.25) is 0 Å². The molecule has 0 aliphatic rings. The van der Waals surface area contributed by atoms with Crippen LogP contribution in [-0.2, 0) is 4.12 Å². The quantitative estimate of drug-likeness (QED) is 0.428. The second kappa shape index (κ2) is 15.7. The molecule has 0 aromatic carbocycles. The molecule has 0 unspecified atom stereocenters. The lowest BCUT2D eigenvalue weighted by Gasteiger charge is -1.76. The topological polar surface area (TPSA) is 49.7 Å². The van der Waals surface area contributed by atoms with Crippen molar-refractivity contribution in [2.24, 2.45) is 0 Å². The van der Waals surface area contributed by atoms with E-state index in [9.17, 15) is 0 Å². The smallest absolute Gasteiger partial charge is 0.142 e. The number of rotatable bonds is 2. The molecule has 0 saturated heterocycles. The third kappa shape index (κ3) is 33.3. The van der Waals surface area contributed by atoms with E-state index < -0.39 is 0 Å². The molecule has 5 heteroatoms. The van der Waals surface area contributed by atoms with Crippen molar-refractivity contribution in [1.29, 1.82) is 0 Å². The summed E-state index contributed by atoms with van der Waals surface area (Å²) in [5, 5.41) is 15.2. The SMILES string of the molecule is C[SiH2]O[SiH3].OCCO. The summed E-state index contributed by atoms with van der Waals surface area (Å²) in [5.41, 5.74) is 0. The standard InChI is InChI=1S/C2H6O2.CH8OSi2/c3-1-2-4;1-4-2-3/h3-4H,1-2H2;4H2,1,3H3. The van der Waals surface area contributed by atoms with Crippen LogP contribution in [-0.4, -0.2) is 43.7 Å². The Morgan fingerprint density at radius 1 is 1.50 bits per heavy atom. The highest BCUT2D eigenvalue weighted by molar-refractivity contribution is 6.32. The Labute approximate surface area is 55.2 Å². The highest BCUT2D eigenvalue weighted by Gasteiger charge is 1.58. The molecule has 0 amide bonds. The van der Waals surface area contributed by atoms with Gasteiger partial charge >= 0.3 is 0 Å². The van der Waals surface area contributed by atoms with Gasteiger partial charge in [0.05, 0.1) is 13.2 Å². The normalized spacial score (nSPS) is 9.38. The van der Waals surface area contributed by atoms with Crippen molar-refractivity contribution in [3.8, 4) is 0 Å². The zero-order valence-corrected chi connectivity index (χ0v) is 8.84. The van der Waals surface area contributed by atoms with Crippen LogP contribution in [0.2, 0.25) is 6.55 Å². The maximum Gasteiger partial charge on any atom is 0.142 e. The summed E-state index contributed by atoms with van der Waals surface area (Å²) in [4.78, 5) is 0. The molecular formula is C3H14O3Si2. The van der Waals surface area contributed by atoms with E-state index in [1.165, 1.54) is 0 Å². The molecular weight excluding hydrogens is 140 g/mol. The van der Waals surface area contributed by atoms with Crippen LogP contribution in [0.3, 0.4) is 0 Å². The molecule has 0 aliphatic carbocycles. The minimum atomic E-state index is -0.125. The van der Waals surface area contributed by atoms with E-state index in [4.69, 9.17) is 14.3 Å². The van der Waals surface area contributed by atoms with Gasteiger partial charge in [-0.2, -0.15) is 0 Å². The summed E-state index contributed by atoms with van der Waals surface area (Å²) in [5.74, 6) is 0. The lowest BCUT2D eigenvalue weighted by Crippen LogP contribution is -1.85. The number of aliphatic hydroxyl groups excluding tert-OH is 2. The van der Waals surface area contributed by atoms with E-state index in [0.29, 0.717) is 0 Å². The summed E-state index contributed by atoms with van der Waals surface area (Å²) in [6.07, 6.45) is 0. The van der Waals surface area contributed by atoms with Gasteiger partial charge in [-0.1, -0.05) is 6.55 Å². The molecule has 8 heavy (non-hydrogen) atoms. The fourth-order valence-electron chi connectivity index (χ4n) is 0. The third-order valence-electron chi connectivity index (χ3n) is 0.389.